The zero-order valence-electron chi connectivity index (χ0n) is 12.1. The first-order valence-electron chi connectivity index (χ1n) is 7.19. The number of benzene rings is 1. The van der Waals surface area contributed by atoms with Crippen LogP contribution in [0.4, 0.5) is 0 Å². The molecule has 0 N–H and O–H groups in total. The van der Waals surface area contributed by atoms with Crippen molar-refractivity contribution >= 4 is 41.1 Å². The lowest BCUT2D eigenvalue weighted by Crippen LogP contribution is -2.28. The van der Waals surface area contributed by atoms with Crippen LogP contribution in [0.25, 0.3) is 6.08 Å². The summed E-state index contributed by atoms with van der Waals surface area (Å²) in [5.41, 5.74) is 3.39. The highest BCUT2D eigenvalue weighted by molar-refractivity contribution is 7.98. The van der Waals surface area contributed by atoms with Crippen LogP contribution in [-0.2, 0) is 4.79 Å². The monoisotopic (exact) mass is 310 g/mol. The predicted molar refractivity (Wildman–Crippen MR) is 89.2 cm³/mol. The first-order chi connectivity index (χ1) is 10.7. The van der Waals surface area contributed by atoms with E-state index in [4.69, 9.17) is 0 Å². The van der Waals surface area contributed by atoms with Gasteiger partial charge in [0.25, 0.3) is 11.9 Å². The second-order valence-corrected chi connectivity index (χ2v) is 6.17. The third-order valence-electron chi connectivity index (χ3n) is 3.87. The molecule has 6 heteroatoms. The summed E-state index contributed by atoms with van der Waals surface area (Å²) in [5, 5.41) is 6.14. The van der Waals surface area contributed by atoms with Gasteiger partial charge in [0.2, 0.25) is 0 Å². The van der Waals surface area contributed by atoms with Gasteiger partial charge in [0.1, 0.15) is 5.70 Å². The standard InChI is InChI=1S/C16H14N4OS/c1-22-11-7-5-10(6-8-11)9-14-15(21)18-16-17-12-3-2-4-13(12)19-20(14)16/h5-9H,2-4H2,1H3. The third-order valence-corrected chi connectivity index (χ3v) is 4.62. The van der Waals surface area contributed by atoms with E-state index in [9.17, 15) is 4.79 Å². The number of carbonyl (C=O) groups is 1. The van der Waals surface area contributed by atoms with Gasteiger partial charge in [-0.1, -0.05) is 12.1 Å². The summed E-state index contributed by atoms with van der Waals surface area (Å²) in [6, 6.07) is 8.05. The van der Waals surface area contributed by atoms with E-state index in [0.29, 0.717) is 11.7 Å². The highest BCUT2D eigenvalue weighted by Crippen LogP contribution is 2.27. The Morgan fingerprint density at radius 2 is 1.91 bits per heavy atom. The molecule has 5 nitrogen and oxygen atoms in total. The molecule has 4 rings (SSSR count). The summed E-state index contributed by atoms with van der Waals surface area (Å²) in [7, 11) is 0. The van der Waals surface area contributed by atoms with Gasteiger partial charge in [0.15, 0.2) is 0 Å². The van der Waals surface area contributed by atoms with Crippen LogP contribution in [0.3, 0.4) is 0 Å². The lowest BCUT2D eigenvalue weighted by atomic mass is 10.2. The van der Waals surface area contributed by atoms with E-state index >= 15 is 0 Å². The van der Waals surface area contributed by atoms with Crippen molar-refractivity contribution in [1.29, 1.82) is 0 Å². The quantitative estimate of drug-likeness (QED) is 0.623. The molecule has 1 aromatic carbocycles. The molecule has 0 atom stereocenters. The Kier molecular flexibility index (Phi) is 3.18. The number of guanidine groups is 1. The number of amides is 1. The molecule has 2 aliphatic heterocycles. The minimum absolute atomic E-state index is 0.280. The van der Waals surface area contributed by atoms with Gasteiger partial charge in [-0.25, -0.2) is 4.99 Å². The minimum Gasteiger partial charge on any atom is -0.265 e. The van der Waals surface area contributed by atoms with Crippen molar-refractivity contribution in [3.63, 3.8) is 0 Å². The fourth-order valence-electron chi connectivity index (χ4n) is 2.73. The minimum atomic E-state index is -0.280. The molecule has 0 unspecified atom stereocenters. The van der Waals surface area contributed by atoms with Crippen molar-refractivity contribution in [1.82, 2.24) is 5.01 Å². The van der Waals surface area contributed by atoms with Gasteiger partial charge in [-0.2, -0.15) is 15.1 Å². The number of hydrogen-bond acceptors (Lipinski definition) is 5. The predicted octanol–water partition coefficient (Wildman–Crippen LogP) is 2.94. The summed E-state index contributed by atoms with van der Waals surface area (Å²) in [4.78, 5) is 21.8. The van der Waals surface area contributed by atoms with E-state index < -0.39 is 0 Å². The van der Waals surface area contributed by atoms with E-state index in [1.165, 1.54) is 4.90 Å². The van der Waals surface area contributed by atoms with Crippen molar-refractivity contribution in [2.24, 2.45) is 15.1 Å². The van der Waals surface area contributed by atoms with Gasteiger partial charge in [0, 0.05) is 4.90 Å². The Labute approximate surface area is 132 Å². The zero-order chi connectivity index (χ0) is 15.1. The van der Waals surface area contributed by atoms with Crippen LogP contribution in [0.1, 0.15) is 24.8 Å². The Hall–Kier alpha value is -2.21. The average molecular weight is 310 g/mol. The fourth-order valence-corrected chi connectivity index (χ4v) is 3.14. The fraction of sp³-hybridized carbons (Fsp3) is 0.250. The van der Waals surface area contributed by atoms with Crippen LogP contribution in [0.15, 0.2) is 49.9 Å². The van der Waals surface area contributed by atoms with Crippen molar-refractivity contribution in [2.45, 2.75) is 24.2 Å². The Morgan fingerprint density at radius 1 is 1.14 bits per heavy atom. The van der Waals surface area contributed by atoms with Crippen molar-refractivity contribution < 1.29 is 4.79 Å². The first-order valence-corrected chi connectivity index (χ1v) is 8.41. The molecule has 0 aromatic heterocycles. The molecule has 1 saturated carbocycles. The Morgan fingerprint density at radius 3 is 2.68 bits per heavy atom. The van der Waals surface area contributed by atoms with E-state index in [0.717, 1.165) is 36.2 Å². The molecule has 1 aromatic rings. The molecule has 0 spiro atoms. The van der Waals surface area contributed by atoms with E-state index in [1.807, 2.05) is 36.6 Å². The first kappa shape index (κ1) is 13.5. The normalized spacial score (nSPS) is 21.5. The van der Waals surface area contributed by atoms with Crippen LogP contribution in [0, 0.1) is 0 Å². The molecule has 22 heavy (non-hydrogen) atoms. The molecule has 1 fully saturated rings. The lowest BCUT2D eigenvalue weighted by molar-refractivity contribution is -0.114. The second-order valence-electron chi connectivity index (χ2n) is 5.29. The third kappa shape index (κ3) is 2.20. The molecular formula is C16H14N4OS. The molecule has 1 amide bonds. The molecule has 2 heterocycles. The van der Waals surface area contributed by atoms with Crippen LogP contribution in [0.2, 0.25) is 0 Å². The van der Waals surface area contributed by atoms with Crippen LogP contribution >= 0.6 is 11.8 Å². The summed E-state index contributed by atoms with van der Waals surface area (Å²) in [6.45, 7) is 0. The van der Waals surface area contributed by atoms with Gasteiger partial charge in [-0.3, -0.25) is 4.79 Å². The summed E-state index contributed by atoms with van der Waals surface area (Å²) in [5.74, 6) is 0.121. The SMILES string of the molecule is CSc1ccc(C=C2C(=O)N=C3N=C4CCCC4=NN23)cc1. The Balaban J connectivity index is 1.69. The second kappa shape index (κ2) is 5.21. The van der Waals surface area contributed by atoms with Gasteiger partial charge < -0.3 is 0 Å². The lowest BCUT2D eigenvalue weighted by Gasteiger charge is -2.18. The number of thioether (sulfide) groups is 1. The number of hydrazone groups is 1. The van der Waals surface area contributed by atoms with Crippen LogP contribution in [0.5, 0.6) is 0 Å². The van der Waals surface area contributed by atoms with Gasteiger partial charge in [-0.05, 0) is 49.3 Å². The van der Waals surface area contributed by atoms with Crippen molar-refractivity contribution in [2.75, 3.05) is 6.26 Å². The number of hydrogen-bond donors (Lipinski definition) is 0. The van der Waals surface area contributed by atoms with Crippen LogP contribution in [-0.4, -0.2) is 34.6 Å². The summed E-state index contributed by atoms with van der Waals surface area (Å²) < 4.78 is 0. The van der Waals surface area contributed by atoms with Crippen molar-refractivity contribution in [3.05, 3.63) is 35.5 Å². The summed E-state index contributed by atoms with van der Waals surface area (Å²) >= 11 is 1.69. The number of fused-ring (bicyclic) bond motifs is 2. The highest BCUT2D eigenvalue weighted by Gasteiger charge is 2.35. The molecule has 0 bridgehead atoms. The van der Waals surface area contributed by atoms with E-state index in [1.54, 1.807) is 16.8 Å². The largest absolute Gasteiger partial charge is 0.299 e. The molecule has 110 valence electrons. The molecule has 0 saturated heterocycles. The van der Waals surface area contributed by atoms with Gasteiger partial charge >= 0.3 is 0 Å². The zero-order valence-corrected chi connectivity index (χ0v) is 12.9. The maximum absolute atomic E-state index is 12.1. The van der Waals surface area contributed by atoms with E-state index in [2.05, 4.69) is 15.1 Å². The number of carbonyl (C=O) groups excluding carboxylic acids is 1. The summed E-state index contributed by atoms with van der Waals surface area (Å²) in [6.07, 6.45) is 6.78. The van der Waals surface area contributed by atoms with Gasteiger partial charge in [0.05, 0.1) is 11.4 Å². The molecule has 1 aliphatic carbocycles. The number of rotatable bonds is 2. The average Bonchev–Trinajstić information content (AvgIpc) is 3.10. The topological polar surface area (TPSA) is 57.4 Å². The highest BCUT2D eigenvalue weighted by atomic mass is 32.2. The molecule has 0 radical (unpaired) electrons. The van der Waals surface area contributed by atoms with Crippen LogP contribution < -0.4 is 0 Å². The maximum Gasteiger partial charge on any atom is 0.299 e. The Bertz CT molecular complexity index is 774. The smallest absolute Gasteiger partial charge is 0.265 e. The number of nitrogens with zero attached hydrogens (tertiary/aromatic N) is 4. The van der Waals surface area contributed by atoms with Crippen molar-refractivity contribution in [3.8, 4) is 0 Å². The number of aliphatic imine (C=N–C) groups is 2. The molecule has 3 aliphatic rings. The molecular weight excluding hydrogens is 296 g/mol. The van der Waals surface area contributed by atoms with E-state index in [-0.39, 0.29) is 5.91 Å². The van der Waals surface area contributed by atoms with Gasteiger partial charge in [-0.15, -0.1) is 11.8 Å². The maximum atomic E-state index is 12.1.